The van der Waals surface area contributed by atoms with Gasteiger partial charge >= 0.3 is 0 Å². The van der Waals surface area contributed by atoms with Crippen molar-refractivity contribution in [3.8, 4) is 0 Å². The van der Waals surface area contributed by atoms with E-state index >= 15 is 0 Å². The zero-order valence-electron chi connectivity index (χ0n) is 17.3. The molecule has 2 aromatic carbocycles. The molecule has 27 heavy (non-hydrogen) atoms. The minimum Gasteiger partial charge on any atom is -0.412 e. The van der Waals surface area contributed by atoms with Gasteiger partial charge in [0.15, 0.2) is 0 Å². The molecule has 0 aliphatic heterocycles. The summed E-state index contributed by atoms with van der Waals surface area (Å²) in [5.41, 5.74) is 9.50. The lowest BCUT2D eigenvalue weighted by Gasteiger charge is -2.40. The molecule has 0 amide bonds. The van der Waals surface area contributed by atoms with Gasteiger partial charge in [0.2, 0.25) is 0 Å². The molecule has 1 atom stereocenters. The molecule has 0 aliphatic rings. The summed E-state index contributed by atoms with van der Waals surface area (Å²) in [5.74, 6) is 0. The van der Waals surface area contributed by atoms with Gasteiger partial charge in [-0.1, -0.05) is 119 Å². The normalized spacial score (nSPS) is 12.4. The molecule has 0 spiro atoms. The molecular weight excluding hydrogens is 330 g/mol. The summed E-state index contributed by atoms with van der Waals surface area (Å²) < 4.78 is 0. The third-order valence-electron chi connectivity index (χ3n) is 5.89. The summed E-state index contributed by atoms with van der Waals surface area (Å²) in [6, 6.07) is 21.9. The van der Waals surface area contributed by atoms with E-state index in [9.17, 15) is 0 Å². The Hall–Kier alpha value is -1.64. The molecule has 0 fully saturated rings. The van der Waals surface area contributed by atoms with E-state index in [2.05, 4.69) is 74.5 Å². The first-order chi connectivity index (χ1) is 12.8. The van der Waals surface area contributed by atoms with Crippen LogP contribution in [0.2, 0.25) is 0 Å². The smallest absolute Gasteiger partial charge is 0.0351 e. The fourth-order valence-electron chi connectivity index (χ4n) is 4.30. The van der Waals surface area contributed by atoms with Crippen molar-refractivity contribution in [1.29, 1.82) is 0 Å². The first-order valence-electron chi connectivity index (χ1n) is 10.6. The molecule has 0 saturated heterocycles. The first-order valence-corrected chi connectivity index (χ1v) is 10.6. The van der Waals surface area contributed by atoms with Crippen LogP contribution in [0.5, 0.6) is 0 Å². The maximum Gasteiger partial charge on any atom is 0.0351 e. The summed E-state index contributed by atoms with van der Waals surface area (Å²) in [5, 5.41) is 0. The van der Waals surface area contributed by atoms with Crippen LogP contribution in [0.3, 0.4) is 0 Å². The predicted molar refractivity (Wildman–Crippen MR) is 118 cm³/mol. The Kier molecular flexibility index (Phi) is 11.0. The van der Waals surface area contributed by atoms with E-state index in [4.69, 9.17) is 5.73 Å². The van der Waals surface area contributed by atoms with Gasteiger partial charge in [-0.2, -0.15) is 0 Å². The first kappa shape index (κ1) is 23.4. The summed E-state index contributed by atoms with van der Waals surface area (Å²) in [4.78, 5) is 0. The van der Waals surface area contributed by atoms with Gasteiger partial charge in [0.05, 0.1) is 0 Å². The molecular formula is C25H39NO. The van der Waals surface area contributed by atoms with Gasteiger partial charge in [0, 0.05) is 11.5 Å². The summed E-state index contributed by atoms with van der Waals surface area (Å²) in [6.45, 7) is 4.56. The maximum absolute atomic E-state index is 6.89. The molecule has 4 N–H and O–H groups in total. The molecule has 2 aromatic rings. The molecule has 150 valence electrons. The van der Waals surface area contributed by atoms with Crippen molar-refractivity contribution in [3.63, 3.8) is 0 Å². The van der Waals surface area contributed by atoms with Crippen molar-refractivity contribution >= 4 is 0 Å². The van der Waals surface area contributed by atoms with Crippen molar-refractivity contribution in [2.24, 2.45) is 5.73 Å². The average Bonchev–Trinajstić information content (AvgIpc) is 2.70. The van der Waals surface area contributed by atoms with E-state index in [-0.39, 0.29) is 16.9 Å². The van der Waals surface area contributed by atoms with Crippen LogP contribution in [-0.2, 0) is 5.41 Å². The molecule has 0 radical (unpaired) electrons. The van der Waals surface area contributed by atoms with Crippen LogP contribution in [0, 0.1) is 0 Å². The Morgan fingerprint density at radius 2 is 1.15 bits per heavy atom. The lowest BCUT2D eigenvalue weighted by molar-refractivity contribution is 0.363. The van der Waals surface area contributed by atoms with Crippen LogP contribution in [-0.4, -0.2) is 11.5 Å². The highest BCUT2D eigenvalue weighted by Gasteiger charge is 2.38. The van der Waals surface area contributed by atoms with Gasteiger partial charge in [-0.25, -0.2) is 0 Å². The maximum atomic E-state index is 6.89. The van der Waals surface area contributed by atoms with E-state index < -0.39 is 0 Å². The van der Waals surface area contributed by atoms with Crippen molar-refractivity contribution in [1.82, 2.24) is 0 Å². The number of nitrogens with two attached hydrogens (primary N) is 1. The van der Waals surface area contributed by atoms with Crippen molar-refractivity contribution < 1.29 is 5.48 Å². The predicted octanol–water partition coefficient (Wildman–Crippen LogP) is 6.03. The van der Waals surface area contributed by atoms with Crippen LogP contribution in [0.15, 0.2) is 60.7 Å². The Bertz CT molecular complexity index is 557. The van der Waals surface area contributed by atoms with E-state index in [1.807, 2.05) is 0 Å². The van der Waals surface area contributed by atoms with Crippen LogP contribution in [0.4, 0.5) is 0 Å². The molecule has 2 nitrogen and oxygen atoms in total. The van der Waals surface area contributed by atoms with Crippen LogP contribution >= 0.6 is 0 Å². The molecule has 2 heteroatoms. The lowest BCUT2D eigenvalue weighted by atomic mass is 9.66. The Morgan fingerprint density at radius 3 is 1.59 bits per heavy atom. The van der Waals surface area contributed by atoms with Crippen molar-refractivity contribution in [3.05, 3.63) is 71.8 Å². The number of rotatable bonds is 12. The molecule has 0 bridgehead atoms. The quantitative estimate of drug-likeness (QED) is 0.456. The Labute approximate surface area is 166 Å². The van der Waals surface area contributed by atoms with Gasteiger partial charge in [0.1, 0.15) is 0 Å². The van der Waals surface area contributed by atoms with Crippen LogP contribution in [0.25, 0.3) is 0 Å². The standard InChI is InChI=1S/C25H37N.H2O/c1-3-5-6-7-8-9-16-21-24(26)25(4-2,22-17-12-10-13-18-22)23-19-14-11-15-20-23;/h10-15,17-20,24H,3-9,16,21,26H2,1-2H3;1H2. The molecule has 0 aliphatic carbocycles. The second kappa shape index (κ2) is 12.7. The second-order valence-corrected chi connectivity index (χ2v) is 7.57. The summed E-state index contributed by atoms with van der Waals surface area (Å²) in [6.07, 6.45) is 11.5. The van der Waals surface area contributed by atoms with E-state index in [0.29, 0.717) is 0 Å². The van der Waals surface area contributed by atoms with E-state index in [1.54, 1.807) is 0 Å². The van der Waals surface area contributed by atoms with Gasteiger partial charge < -0.3 is 11.2 Å². The second-order valence-electron chi connectivity index (χ2n) is 7.57. The van der Waals surface area contributed by atoms with Gasteiger partial charge in [0.25, 0.3) is 0 Å². The Balaban J connectivity index is 0.00000364. The van der Waals surface area contributed by atoms with Crippen molar-refractivity contribution in [2.45, 2.75) is 83.1 Å². The molecule has 0 aromatic heterocycles. The van der Waals surface area contributed by atoms with Gasteiger partial charge in [-0.05, 0) is 24.0 Å². The average molecular weight is 370 g/mol. The zero-order valence-corrected chi connectivity index (χ0v) is 17.3. The summed E-state index contributed by atoms with van der Waals surface area (Å²) in [7, 11) is 0. The number of unbranched alkanes of at least 4 members (excludes halogenated alkanes) is 6. The summed E-state index contributed by atoms with van der Waals surface area (Å²) >= 11 is 0. The molecule has 2 rings (SSSR count). The van der Waals surface area contributed by atoms with Crippen LogP contribution < -0.4 is 5.73 Å². The highest BCUT2D eigenvalue weighted by Crippen LogP contribution is 2.39. The number of hydrogen-bond acceptors (Lipinski definition) is 1. The highest BCUT2D eigenvalue weighted by atomic mass is 16.0. The fourth-order valence-corrected chi connectivity index (χ4v) is 4.30. The Morgan fingerprint density at radius 1 is 0.704 bits per heavy atom. The third kappa shape index (κ3) is 6.19. The monoisotopic (exact) mass is 369 g/mol. The molecule has 1 unspecified atom stereocenters. The highest BCUT2D eigenvalue weighted by molar-refractivity contribution is 5.41. The SMILES string of the molecule is CCCCCCCCCC(N)C(CC)(c1ccccc1)c1ccccc1.O. The van der Waals surface area contributed by atoms with Gasteiger partial charge in [-0.15, -0.1) is 0 Å². The van der Waals surface area contributed by atoms with E-state index in [0.717, 1.165) is 12.8 Å². The number of hydrogen-bond donors (Lipinski definition) is 1. The van der Waals surface area contributed by atoms with E-state index in [1.165, 1.54) is 56.1 Å². The minimum atomic E-state index is -0.0925. The third-order valence-corrected chi connectivity index (χ3v) is 5.89. The van der Waals surface area contributed by atoms with Crippen molar-refractivity contribution in [2.75, 3.05) is 0 Å². The minimum absolute atomic E-state index is 0. The zero-order chi connectivity index (χ0) is 18.7. The topological polar surface area (TPSA) is 57.5 Å². The molecule has 0 saturated carbocycles. The largest absolute Gasteiger partial charge is 0.412 e. The molecule has 0 heterocycles. The number of benzene rings is 2. The lowest BCUT2D eigenvalue weighted by Crippen LogP contribution is -2.46. The van der Waals surface area contributed by atoms with Crippen LogP contribution in [0.1, 0.15) is 82.8 Å². The van der Waals surface area contributed by atoms with Gasteiger partial charge in [-0.3, -0.25) is 0 Å². The fraction of sp³-hybridized carbons (Fsp3) is 0.520.